The summed E-state index contributed by atoms with van der Waals surface area (Å²) in [4.78, 5) is 19.1. The van der Waals surface area contributed by atoms with Gasteiger partial charge in [0.15, 0.2) is 16.7 Å². The van der Waals surface area contributed by atoms with E-state index in [1.165, 1.54) is 28.8 Å². The van der Waals surface area contributed by atoms with Crippen LogP contribution in [0.25, 0.3) is 6.08 Å². The van der Waals surface area contributed by atoms with Crippen LogP contribution in [0.2, 0.25) is 0 Å². The number of carbonyl (C=O) groups excluding carboxylic acids is 1. The van der Waals surface area contributed by atoms with Gasteiger partial charge in [-0.3, -0.25) is 9.69 Å². The number of likely N-dealkylation sites (N-methyl/N-ethyl adjacent to an activating group) is 1. The number of aliphatic imine (C=N–C) groups is 1. The molecule has 1 saturated heterocycles. The van der Waals surface area contributed by atoms with Crippen LogP contribution >= 0.6 is 11.8 Å². The van der Waals surface area contributed by atoms with Gasteiger partial charge in [0.25, 0.3) is 5.91 Å². The van der Waals surface area contributed by atoms with Gasteiger partial charge >= 0.3 is 0 Å². The second-order valence-corrected chi connectivity index (χ2v) is 6.83. The molecular weight excluding hydrogens is 379 g/mol. The number of carbonyl (C=O) groups is 1. The number of thioether (sulfide) groups is 1. The van der Waals surface area contributed by atoms with Gasteiger partial charge in [-0.05, 0) is 48.2 Å². The van der Waals surface area contributed by atoms with Crippen molar-refractivity contribution >= 4 is 34.6 Å². The molecule has 0 atom stereocenters. The number of amides is 1. The molecule has 1 amide bonds. The highest BCUT2D eigenvalue weighted by Gasteiger charge is 2.30. The summed E-state index contributed by atoms with van der Waals surface area (Å²) in [5, 5.41) is 0.513. The van der Waals surface area contributed by atoms with Crippen LogP contribution in [0.3, 0.4) is 0 Å². The first-order valence-corrected chi connectivity index (χ1v) is 9.27. The lowest BCUT2D eigenvalue weighted by Gasteiger charge is -2.12. The van der Waals surface area contributed by atoms with Gasteiger partial charge in [0.2, 0.25) is 0 Å². The molecule has 0 bridgehead atoms. The van der Waals surface area contributed by atoms with Crippen LogP contribution in [0.15, 0.2) is 65.0 Å². The van der Waals surface area contributed by atoms with E-state index in [-0.39, 0.29) is 11.7 Å². The zero-order chi connectivity index (χ0) is 20.1. The van der Waals surface area contributed by atoms with E-state index in [0.717, 1.165) is 0 Å². The van der Waals surface area contributed by atoms with E-state index >= 15 is 0 Å². The molecule has 0 unspecified atom stereocenters. The molecular formula is C21H19FN2O3S. The molecule has 144 valence electrons. The Labute approximate surface area is 167 Å². The number of halogens is 1. The summed E-state index contributed by atoms with van der Waals surface area (Å²) < 4.78 is 24.2. The lowest BCUT2D eigenvalue weighted by molar-refractivity contribution is -0.121. The number of rotatable bonds is 6. The lowest BCUT2D eigenvalue weighted by atomic mass is 10.1. The van der Waals surface area contributed by atoms with Gasteiger partial charge in [-0.25, -0.2) is 9.38 Å². The zero-order valence-electron chi connectivity index (χ0n) is 15.5. The predicted molar refractivity (Wildman–Crippen MR) is 111 cm³/mol. The molecule has 1 fully saturated rings. The third-order valence-corrected chi connectivity index (χ3v) is 4.98. The number of nitrogens with zero attached hydrogens (tertiary/aromatic N) is 2. The molecule has 0 aromatic heterocycles. The lowest BCUT2D eigenvalue weighted by Crippen LogP contribution is -2.23. The largest absolute Gasteiger partial charge is 0.493 e. The normalized spacial score (nSPS) is 16.7. The Morgan fingerprint density at radius 1 is 1.25 bits per heavy atom. The Morgan fingerprint density at radius 2 is 2.00 bits per heavy atom. The monoisotopic (exact) mass is 398 g/mol. The molecule has 3 rings (SSSR count). The molecule has 0 radical (unpaired) electrons. The van der Waals surface area contributed by atoms with Crippen LogP contribution in [0.1, 0.15) is 5.56 Å². The van der Waals surface area contributed by atoms with Crippen molar-refractivity contribution in [3.05, 3.63) is 71.4 Å². The summed E-state index contributed by atoms with van der Waals surface area (Å²) in [6, 6.07) is 11.2. The average Bonchev–Trinajstić information content (AvgIpc) is 2.96. The number of methoxy groups -OCH3 is 1. The molecule has 0 aliphatic carbocycles. The first-order chi connectivity index (χ1) is 13.5. The molecule has 0 spiro atoms. The topological polar surface area (TPSA) is 51.1 Å². The Morgan fingerprint density at radius 3 is 2.68 bits per heavy atom. The van der Waals surface area contributed by atoms with E-state index in [1.807, 2.05) is 12.1 Å². The summed E-state index contributed by atoms with van der Waals surface area (Å²) in [6.45, 7) is 3.97. The number of ether oxygens (including phenoxy) is 2. The van der Waals surface area contributed by atoms with Gasteiger partial charge in [-0.2, -0.15) is 0 Å². The smallest absolute Gasteiger partial charge is 0.266 e. The fourth-order valence-electron chi connectivity index (χ4n) is 2.52. The van der Waals surface area contributed by atoms with Crippen LogP contribution < -0.4 is 9.47 Å². The van der Waals surface area contributed by atoms with Crippen molar-refractivity contribution in [2.45, 2.75) is 0 Å². The van der Waals surface area contributed by atoms with E-state index in [9.17, 15) is 9.18 Å². The Kier molecular flexibility index (Phi) is 6.16. The quantitative estimate of drug-likeness (QED) is 0.526. The highest BCUT2D eigenvalue weighted by molar-refractivity contribution is 8.18. The fourth-order valence-corrected chi connectivity index (χ4v) is 3.50. The minimum atomic E-state index is -0.335. The summed E-state index contributed by atoms with van der Waals surface area (Å²) in [5.41, 5.74) is 1.29. The summed E-state index contributed by atoms with van der Waals surface area (Å²) in [6.07, 6.45) is 3.39. The van der Waals surface area contributed by atoms with Crippen molar-refractivity contribution in [3.63, 3.8) is 0 Å². The van der Waals surface area contributed by atoms with Crippen molar-refractivity contribution in [1.82, 2.24) is 4.90 Å². The Bertz CT molecular complexity index is 955. The van der Waals surface area contributed by atoms with Gasteiger partial charge in [-0.15, -0.1) is 0 Å². The second-order valence-electron chi connectivity index (χ2n) is 5.82. The van der Waals surface area contributed by atoms with Crippen LogP contribution in [0.4, 0.5) is 10.1 Å². The van der Waals surface area contributed by atoms with Crippen molar-refractivity contribution in [2.24, 2.45) is 4.99 Å². The van der Waals surface area contributed by atoms with E-state index < -0.39 is 0 Å². The molecule has 28 heavy (non-hydrogen) atoms. The third-order valence-electron chi connectivity index (χ3n) is 3.92. The van der Waals surface area contributed by atoms with Gasteiger partial charge < -0.3 is 9.47 Å². The maximum atomic E-state index is 13.1. The van der Waals surface area contributed by atoms with Crippen LogP contribution in [0.5, 0.6) is 11.5 Å². The SMILES string of the molecule is C=CCOc1c(/C=C2/SC(=Nc3ccc(F)cc3)N(C)C2=O)cccc1OC. The van der Waals surface area contributed by atoms with Crippen molar-refractivity contribution in [3.8, 4) is 11.5 Å². The maximum Gasteiger partial charge on any atom is 0.266 e. The minimum Gasteiger partial charge on any atom is -0.493 e. The molecule has 1 aliphatic heterocycles. The molecule has 0 saturated carbocycles. The molecule has 2 aromatic carbocycles. The molecule has 1 aliphatic rings. The number of amidine groups is 1. The van der Waals surface area contributed by atoms with Crippen molar-refractivity contribution < 1.29 is 18.7 Å². The molecule has 1 heterocycles. The fraction of sp³-hybridized carbons (Fsp3) is 0.143. The van der Waals surface area contributed by atoms with Crippen molar-refractivity contribution in [1.29, 1.82) is 0 Å². The molecule has 0 N–H and O–H groups in total. The van der Waals surface area contributed by atoms with E-state index in [1.54, 1.807) is 44.5 Å². The number of hydrogen-bond donors (Lipinski definition) is 0. The van der Waals surface area contributed by atoms with Crippen molar-refractivity contribution in [2.75, 3.05) is 20.8 Å². The van der Waals surface area contributed by atoms with Gasteiger partial charge in [0, 0.05) is 12.6 Å². The first-order valence-electron chi connectivity index (χ1n) is 8.46. The number of benzene rings is 2. The average molecular weight is 398 g/mol. The van der Waals surface area contributed by atoms with Gasteiger partial charge in [0.1, 0.15) is 12.4 Å². The zero-order valence-corrected chi connectivity index (χ0v) is 16.3. The molecule has 7 heteroatoms. The first kappa shape index (κ1) is 19.7. The summed E-state index contributed by atoms with van der Waals surface area (Å²) >= 11 is 1.24. The maximum absolute atomic E-state index is 13.1. The van der Waals surface area contributed by atoms with Gasteiger partial charge in [-0.1, -0.05) is 24.8 Å². The third kappa shape index (κ3) is 4.26. The van der Waals surface area contributed by atoms with Crippen LogP contribution in [-0.4, -0.2) is 36.7 Å². The van der Waals surface area contributed by atoms with E-state index in [0.29, 0.717) is 39.4 Å². The standard InChI is InChI=1S/C21H19FN2O3S/c1-4-12-27-19-14(6-5-7-17(19)26-3)13-18-20(25)24(2)21(28-18)23-16-10-8-15(22)9-11-16/h4-11,13H,1,12H2,2-3H3/b18-13+,23-21?. The van der Waals surface area contributed by atoms with E-state index in [4.69, 9.17) is 9.47 Å². The van der Waals surface area contributed by atoms with E-state index in [2.05, 4.69) is 11.6 Å². The molecule has 2 aromatic rings. The number of hydrogen-bond acceptors (Lipinski definition) is 5. The highest BCUT2D eigenvalue weighted by Crippen LogP contribution is 2.37. The second kappa shape index (κ2) is 8.75. The van der Waals surface area contributed by atoms with Crippen LogP contribution in [0, 0.1) is 5.82 Å². The summed E-state index contributed by atoms with van der Waals surface area (Å²) in [7, 11) is 3.21. The number of para-hydroxylation sites is 1. The molecule has 5 nitrogen and oxygen atoms in total. The van der Waals surface area contributed by atoms with Gasteiger partial charge in [0.05, 0.1) is 17.7 Å². The van der Waals surface area contributed by atoms with Crippen LogP contribution in [-0.2, 0) is 4.79 Å². The minimum absolute atomic E-state index is 0.177. The summed E-state index contributed by atoms with van der Waals surface area (Å²) in [5.74, 6) is 0.596. The Balaban J connectivity index is 1.94. The predicted octanol–water partition coefficient (Wildman–Crippen LogP) is 4.63. The highest BCUT2D eigenvalue weighted by atomic mass is 32.2. The Hall–Kier alpha value is -3.06.